The van der Waals surface area contributed by atoms with Crippen LogP contribution in [0.25, 0.3) is 0 Å². The number of aliphatic hydroxyl groups excluding tert-OH is 1. The van der Waals surface area contributed by atoms with E-state index in [1.165, 1.54) is 12.5 Å². The fraction of sp³-hybridized carbons (Fsp3) is 0.462. The van der Waals surface area contributed by atoms with E-state index in [0.29, 0.717) is 5.69 Å². The van der Waals surface area contributed by atoms with Crippen LogP contribution in [0, 0.1) is 0 Å². The lowest BCUT2D eigenvalue weighted by molar-refractivity contribution is -0.144. The van der Waals surface area contributed by atoms with Crippen LogP contribution in [-0.4, -0.2) is 73.8 Å². The van der Waals surface area contributed by atoms with Crippen molar-refractivity contribution in [2.24, 2.45) is 5.73 Å². The predicted molar refractivity (Wildman–Crippen MR) is 81.1 cm³/mol. The monoisotopic (exact) mass is 357 g/mol. The first kappa shape index (κ1) is 20.1. The molecule has 0 unspecified atom stereocenters. The molecule has 0 radical (unpaired) electrons. The molecule has 0 aliphatic heterocycles. The predicted octanol–water partition coefficient (Wildman–Crippen LogP) is -3.20. The van der Waals surface area contributed by atoms with E-state index < -0.39 is 54.9 Å². The Labute approximate surface area is 141 Å². The van der Waals surface area contributed by atoms with Crippen LogP contribution in [0.5, 0.6) is 0 Å². The van der Waals surface area contributed by atoms with Gasteiger partial charge in [0.15, 0.2) is 0 Å². The van der Waals surface area contributed by atoms with E-state index in [2.05, 4.69) is 15.3 Å². The number of hydrogen-bond donors (Lipinski definition) is 7. The number of carbonyl (C=O) groups excluding carboxylic acids is 2. The van der Waals surface area contributed by atoms with Gasteiger partial charge in [0.05, 0.1) is 31.1 Å². The van der Waals surface area contributed by atoms with E-state index in [-0.39, 0.29) is 6.42 Å². The summed E-state index contributed by atoms with van der Waals surface area (Å²) in [6.07, 6.45) is 2.17. The number of nitrogens with zero attached hydrogens (tertiary/aromatic N) is 1. The number of hydrogen-bond acceptors (Lipinski definition) is 7. The zero-order valence-corrected chi connectivity index (χ0v) is 13.0. The van der Waals surface area contributed by atoms with E-state index in [9.17, 15) is 19.2 Å². The molecule has 1 aromatic rings. The fourth-order valence-electron chi connectivity index (χ4n) is 1.84. The van der Waals surface area contributed by atoms with Crippen LogP contribution < -0.4 is 16.4 Å². The maximum Gasteiger partial charge on any atom is 0.328 e. The lowest BCUT2D eigenvalue weighted by atomic mass is 10.1. The van der Waals surface area contributed by atoms with Crippen molar-refractivity contribution in [3.63, 3.8) is 0 Å². The van der Waals surface area contributed by atoms with E-state index in [1.807, 2.05) is 5.32 Å². The molecule has 12 nitrogen and oxygen atoms in total. The molecular weight excluding hydrogens is 338 g/mol. The molecule has 0 aliphatic rings. The molecule has 0 aromatic carbocycles. The lowest BCUT2D eigenvalue weighted by Gasteiger charge is -2.21. The first-order valence-corrected chi connectivity index (χ1v) is 7.14. The Morgan fingerprint density at radius 2 is 1.80 bits per heavy atom. The Morgan fingerprint density at radius 1 is 1.16 bits per heavy atom. The molecule has 0 saturated heterocycles. The summed E-state index contributed by atoms with van der Waals surface area (Å²) in [4.78, 5) is 52.3. The number of aromatic nitrogens is 2. The standard InChI is InChI=1S/C13H19N5O7/c14-7(1-6-3-15-5-16-6)11(22)17-8(2-10(20)21)12(23)18-9(4-19)13(24)25/h3,5,7-9,19H,1-2,4,14H2,(H,15,16)(H,17,22)(H,18,23)(H,20,21)(H,24,25)/t7-,8-,9-/m0/s1. The van der Waals surface area contributed by atoms with E-state index in [1.54, 1.807) is 0 Å². The van der Waals surface area contributed by atoms with Crippen LogP contribution in [-0.2, 0) is 25.6 Å². The maximum atomic E-state index is 12.0. The summed E-state index contributed by atoms with van der Waals surface area (Å²) in [6.45, 7) is -0.895. The molecule has 12 heteroatoms. The largest absolute Gasteiger partial charge is 0.481 e. The van der Waals surface area contributed by atoms with E-state index >= 15 is 0 Å². The van der Waals surface area contributed by atoms with Crippen LogP contribution in [0.1, 0.15) is 12.1 Å². The van der Waals surface area contributed by atoms with Crippen molar-refractivity contribution in [3.05, 3.63) is 18.2 Å². The number of nitrogens with two attached hydrogens (primary N) is 1. The van der Waals surface area contributed by atoms with Gasteiger partial charge in [0.25, 0.3) is 0 Å². The van der Waals surface area contributed by atoms with Gasteiger partial charge in [-0.2, -0.15) is 0 Å². The Balaban J connectivity index is 2.73. The van der Waals surface area contributed by atoms with Crippen molar-refractivity contribution < 1.29 is 34.5 Å². The summed E-state index contributed by atoms with van der Waals surface area (Å²) in [5.74, 6) is -4.77. The molecule has 1 aromatic heterocycles. The van der Waals surface area contributed by atoms with Gasteiger partial charge < -0.3 is 36.7 Å². The fourth-order valence-corrected chi connectivity index (χ4v) is 1.84. The second-order valence-electron chi connectivity index (χ2n) is 5.11. The van der Waals surface area contributed by atoms with Gasteiger partial charge in [-0.25, -0.2) is 9.78 Å². The molecule has 0 fully saturated rings. The van der Waals surface area contributed by atoms with Crippen molar-refractivity contribution in [1.82, 2.24) is 20.6 Å². The highest BCUT2D eigenvalue weighted by atomic mass is 16.4. The van der Waals surface area contributed by atoms with Crippen molar-refractivity contribution >= 4 is 23.8 Å². The molecular formula is C13H19N5O7. The summed E-state index contributed by atoms with van der Waals surface area (Å²) < 4.78 is 0. The molecule has 138 valence electrons. The van der Waals surface area contributed by atoms with Crippen LogP contribution in [0.3, 0.4) is 0 Å². The number of aliphatic carboxylic acids is 2. The van der Waals surface area contributed by atoms with Crippen LogP contribution in [0.4, 0.5) is 0 Å². The summed E-state index contributed by atoms with van der Waals surface area (Å²) in [5, 5.41) is 30.6. The third kappa shape index (κ3) is 6.56. The molecule has 8 N–H and O–H groups in total. The first-order valence-electron chi connectivity index (χ1n) is 7.14. The molecule has 0 spiro atoms. The molecule has 0 bridgehead atoms. The normalized spacial score (nSPS) is 14.2. The SMILES string of the molecule is N[C@@H](Cc1c[nH]cn1)C(=O)N[C@@H](CC(=O)O)C(=O)N[C@@H](CO)C(=O)O. The second kappa shape index (κ2) is 9.34. The van der Waals surface area contributed by atoms with Gasteiger partial charge in [0.1, 0.15) is 12.1 Å². The molecule has 2 amide bonds. The Hall–Kier alpha value is -2.99. The highest BCUT2D eigenvalue weighted by molar-refractivity contribution is 5.94. The Bertz CT molecular complexity index is 618. The number of imidazole rings is 1. The van der Waals surface area contributed by atoms with Crippen molar-refractivity contribution in [1.29, 1.82) is 0 Å². The molecule has 1 rings (SSSR count). The first-order chi connectivity index (χ1) is 11.7. The van der Waals surface area contributed by atoms with Gasteiger partial charge in [-0.3, -0.25) is 14.4 Å². The average Bonchev–Trinajstić information content (AvgIpc) is 3.03. The third-order valence-electron chi connectivity index (χ3n) is 3.13. The van der Waals surface area contributed by atoms with Gasteiger partial charge in [-0.1, -0.05) is 0 Å². The van der Waals surface area contributed by atoms with Crippen molar-refractivity contribution in [2.45, 2.75) is 31.0 Å². The van der Waals surface area contributed by atoms with Crippen LogP contribution in [0.15, 0.2) is 12.5 Å². The maximum absolute atomic E-state index is 12.0. The minimum absolute atomic E-state index is 0.0468. The topological polar surface area (TPSA) is 208 Å². The number of rotatable bonds is 10. The van der Waals surface area contributed by atoms with Crippen LogP contribution >= 0.6 is 0 Å². The van der Waals surface area contributed by atoms with Gasteiger partial charge in [-0.15, -0.1) is 0 Å². The molecule has 0 aliphatic carbocycles. The molecule has 1 heterocycles. The second-order valence-corrected chi connectivity index (χ2v) is 5.11. The number of carbonyl (C=O) groups is 4. The van der Waals surface area contributed by atoms with E-state index in [0.717, 1.165) is 0 Å². The quantitative estimate of drug-likeness (QED) is 0.224. The highest BCUT2D eigenvalue weighted by Gasteiger charge is 2.29. The van der Waals surface area contributed by atoms with Crippen LogP contribution in [0.2, 0.25) is 0 Å². The zero-order chi connectivity index (χ0) is 19.0. The lowest BCUT2D eigenvalue weighted by Crippen LogP contribution is -2.56. The number of aliphatic hydroxyl groups is 1. The minimum atomic E-state index is -1.63. The smallest absolute Gasteiger partial charge is 0.328 e. The van der Waals surface area contributed by atoms with Crippen molar-refractivity contribution in [3.8, 4) is 0 Å². The number of H-pyrrole nitrogens is 1. The zero-order valence-electron chi connectivity index (χ0n) is 13.0. The Kier molecular flexibility index (Phi) is 7.49. The van der Waals surface area contributed by atoms with Gasteiger partial charge >= 0.3 is 11.9 Å². The van der Waals surface area contributed by atoms with E-state index in [4.69, 9.17) is 21.1 Å². The van der Waals surface area contributed by atoms with Gasteiger partial charge in [0, 0.05) is 12.6 Å². The van der Waals surface area contributed by atoms with Crippen molar-refractivity contribution in [2.75, 3.05) is 6.61 Å². The third-order valence-corrected chi connectivity index (χ3v) is 3.13. The number of carboxylic acid groups (broad SMARTS) is 2. The summed E-state index contributed by atoms with van der Waals surface area (Å²) in [6, 6.07) is -4.28. The average molecular weight is 357 g/mol. The molecule has 3 atom stereocenters. The number of aromatic amines is 1. The number of amides is 2. The summed E-state index contributed by atoms with van der Waals surface area (Å²) >= 11 is 0. The number of carboxylic acids is 2. The van der Waals surface area contributed by atoms with Gasteiger partial charge in [0.2, 0.25) is 11.8 Å². The molecule has 0 saturated carbocycles. The molecule has 25 heavy (non-hydrogen) atoms. The van der Waals surface area contributed by atoms with Gasteiger partial charge in [-0.05, 0) is 0 Å². The summed E-state index contributed by atoms with van der Waals surface area (Å²) in [7, 11) is 0. The number of nitrogens with one attached hydrogen (secondary N) is 3. The summed E-state index contributed by atoms with van der Waals surface area (Å²) in [5.41, 5.74) is 6.18. The minimum Gasteiger partial charge on any atom is -0.481 e. The Morgan fingerprint density at radius 3 is 2.28 bits per heavy atom. The highest BCUT2D eigenvalue weighted by Crippen LogP contribution is 2.00.